The molecule has 0 saturated carbocycles. The summed E-state index contributed by atoms with van der Waals surface area (Å²) in [7, 11) is 1.75. The average molecular weight is 250 g/mol. The third-order valence-electron chi connectivity index (χ3n) is 3.13. The first-order valence-corrected chi connectivity index (χ1v) is 6.79. The molecule has 1 aromatic rings. The number of rotatable bonds is 9. The van der Waals surface area contributed by atoms with Gasteiger partial charge in [-0.15, -0.1) is 0 Å². The van der Waals surface area contributed by atoms with Gasteiger partial charge in [-0.3, -0.25) is 4.90 Å². The fourth-order valence-electron chi connectivity index (χ4n) is 1.94. The summed E-state index contributed by atoms with van der Waals surface area (Å²) in [6.45, 7) is 6.69. The third kappa shape index (κ3) is 5.63. The van der Waals surface area contributed by atoms with Gasteiger partial charge in [0.2, 0.25) is 0 Å². The Balaban J connectivity index is 2.51. The van der Waals surface area contributed by atoms with Crippen LogP contribution < -0.4 is 5.73 Å². The van der Waals surface area contributed by atoms with Gasteiger partial charge in [0.25, 0.3) is 0 Å². The van der Waals surface area contributed by atoms with E-state index in [-0.39, 0.29) is 0 Å². The van der Waals surface area contributed by atoms with E-state index in [2.05, 4.69) is 36.1 Å². The Morgan fingerprint density at radius 1 is 1.11 bits per heavy atom. The van der Waals surface area contributed by atoms with Crippen LogP contribution >= 0.6 is 0 Å². The van der Waals surface area contributed by atoms with E-state index in [0.717, 1.165) is 45.6 Å². The van der Waals surface area contributed by atoms with Gasteiger partial charge in [-0.05, 0) is 37.1 Å². The molecule has 0 aromatic heterocycles. The predicted molar refractivity (Wildman–Crippen MR) is 76.6 cm³/mol. The smallest absolute Gasteiger partial charge is 0.0589 e. The molecule has 0 fully saturated rings. The Kier molecular flexibility index (Phi) is 7.65. The molecule has 0 aliphatic rings. The van der Waals surface area contributed by atoms with Crippen LogP contribution in [-0.4, -0.2) is 38.3 Å². The van der Waals surface area contributed by atoms with Crippen LogP contribution in [0, 0.1) is 0 Å². The molecule has 18 heavy (non-hydrogen) atoms. The van der Waals surface area contributed by atoms with E-state index in [9.17, 15) is 0 Å². The van der Waals surface area contributed by atoms with Crippen molar-refractivity contribution < 1.29 is 4.74 Å². The Labute approximate surface area is 111 Å². The minimum Gasteiger partial charge on any atom is -0.383 e. The second-order valence-corrected chi connectivity index (χ2v) is 4.58. The summed E-state index contributed by atoms with van der Waals surface area (Å²) in [6, 6.07) is 8.88. The molecule has 0 aliphatic carbocycles. The minimum atomic E-state index is 0.748. The molecule has 0 aliphatic heterocycles. The first-order valence-electron chi connectivity index (χ1n) is 6.79. The molecule has 2 N–H and O–H groups in total. The maximum Gasteiger partial charge on any atom is 0.0589 e. The summed E-state index contributed by atoms with van der Waals surface area (Å²) in [4.78, 5) is 2.40. The molecule has 1 rings (SSSR count). The van der Waals surface area contributed by atoms with Gasteiger partial charge in [0.1, 0.15) is 0 Å². The Bertz CT molecular complexity index is 303. The molecule has 3 heteroatoms. The zero-order chi connectivity index (χ0) is 13.2. The Morgan fingerprint density at radius 2 is 1.78 bits per heavy atom. The van der Waals surface area contributed by atoms with E-state index in [0.29, 0.717) is 0 Å². The minimum absolute atomic E-state index is 0.748. The highest BCUT2D eigenvalue weighted by atomic mass is 16.5. The van der Waals surface area contributed by atoms with Crippen molar-refractivity contribution in [3.63, 3.8) is 0 Å². The third-order valence-corrected chi connectivity index (χ3v) is 3.13. The topological polar surface area (TPSA) is 38.5 Å². The number of nitrogens with two attached hydrogens (primary N) is 1. The number of methoxy groups -OCH3 is 1. The van der Waals surface area contributed by atoms with Crippen LogP contribution in [0.5, 0.6) is 0 Å². The predicted octanol–water partition coefficient (Wildman–Crippen LogP) is 2.05. The molecule has 0 spiro atoms. The van der Waals surface area contributed by atoms with Crippen LogP contribution in [-0.2, 0) is 17.7 Å². The lowest BCUT2D eigenvalue weighted by Crippen LogP contribution is -2.29. The molecule has 0 atom stereocenters. The van der Waals surface area contributed by atoms with Crippen LogP contribution in [0.15, 0.2) is 24.3 Å². The summed E-state index contributed by atoms with van der Waals surface area (Å²) >= 11 is 0. The van der Waals surface area contributed by atoms with Crippen molar-refractivity contribution in [3.8, 4) is 0 Å². The summed E-state index contributed by atoms with van der Waals surface area (Å²) in [5, 5.41) is 0. The zero-order valence-corrected chi connectivity index (χ0v) is 11.7. The van der Waals surface area contributed by atoms with E-state index < -0.39 is 0 Å². The quantitative estimate of drug-likeness (QED) is 0.729. The Hall–Kier alpha value is -0.900. The molecular formula is C15H26N2O. The SMILES string of the molecule is CCc1ccc(CN(CCCN)CCOC)cc1. The first kappa shape index (κ1) is 15.2. The average Bonchev–Trinajstić information content (AvgIpc) is 2.42. The number of hydrogen-bond acceptors (Lipinski definition) is 3. The van der Waals surface area contributed by atoms with E-state index in [1.807, 2.05) is 0 Å². The van der Waals surface area contributed by atoms with Gasteiger partial charge in [-0.1, -0.05) is 31.2 Å². The van der Waals surface area contributed by atoms with Crippen molar-refractivity contribution >= 4 is 0 Å². The standard InChI is InChI=1S/C15H26N2O/c1-3-14-5-7-15(8-6-14)13-17(10-4-9-16)11-12-18-2/h5-8H,3-4,9-13,16H2,1-2H3. The van der Waals surface area contributed by atoms with Crippen molar-refractivity contribution in [1.82, 2.24) is 4.90 Å². The number of ether oxygens (including phenoxy) is 1. The van der Waals surface area contributed by atoms with Crippen LogP contribution in [0.3, 0.4) is 0 Å². The lowest BCUT2D eigenvalue weighted by atomic mass is 10.1. The second-order valence-electron chi connectivity index (χ2n) is 4.58. The van der Waals surface area contributed by atoms with Crippen molar-refractivity contribution in [3.05, 3.63) is 35.4 Å². The van der Waals surface area contributed by atoms with Gasteiger partial charge in [-0.2, -0.15) is 0 Å². The molecule has 0 saturated heterocycles. The van der Waals surface area contributed by atoms with E-state index in [4.69, 9.17) is 10.5 Å². The summed E-state index contributed by atoms with van der Waals surface area (Å²) in [6.07, 6.45) is 2.14. The number of benzene rings is 1. The van der Waals surface area contributed by atoms with Crippen LogP contribution in [0.2, 0.25) is 0 Å². The van der Waals surface area contributed by atoms with Crippen LogP contribution in [0.4, 0.5) is 0 Å². The fourth-order valence-corrected chi connectivity index (χ4v) is 1.94. The molecular weight excluding hydrogens is 224 g/mol. The zero-order valence-electron chi connectivity index (χ0n) is 11.7. The molecule has 0 bridgehead atoms. The van der Waals surface area contributed by atoms with Crippen molar-refractivity contribution in [2.24, 2.45) is 5.73 Å². The van der Waals surface area contributed by atoms with Crippen molar-refractivity contribution in [1.29, 1.82) is 0 Å². The van der Waals surface area contributed by atoms with Gasteiger partial charge in [0, 0.05) is 20.2 Å². The molecule has 0 unspecified atom stereocenters. The summed E-state index contributed by atoms with van der Waals surface area (Å²) in [5.41, 5.74) is 8.33. The van der Waals surface area contributed by atoms with Gasteiger partial charge in [0.15, 0.2) is 0 Å². The Morgan fingerprint density at radius 3 is 2.33 bits per heavy atom. The van der Waals surface area contributed by atoms with Crippen molar-refractivity contribution in [2.45, 2.75) is 26.3 Å². The molecule has 3 nitrogen and oxygen atoms in total. The van der Waals surface area contributed by atoms with Gasteiger partial charge in [0.05, 0.1) is 6.61 Å². The fraction of sp³-hybridized carbons (Fsp3) is 0.600. The number of aryl methyl sites for hydroxylation is 1. The largest absolute Gasteiger partial charge is 0.383 e. The summed E-state index contributed by atoms with van der Waals surface area (Å²) in [5.74, 6) is 0. The molecule has 0 radical (unpaired) electrons. The van der Waals surface area contributed by atoms with Crippen molar-refractivity contribution in [2.75, 3.05) is 33.4 Å². The van der Waals surface area contributed by atoms with E-state index in [1.165, 1.54) is 11.1 Å². The van der Waals surface area contributed by atoms with Crippen LogP contribution in [0.1, 0.15) is 24.5 Å². The number of hydrogen-bond donors (Lipinski definition) is 1. The van der Waals surface area contributed by atoms with E-state index in [1.54, 1.807) is 7.11 Å². The van der Waals surface area contributed by atoms with Gasteiger partial charge in [-0.25, -0.2) is 0 Å². The maximum absolute atomic E-state index is 5.58. The van der Waals surface area contributed by atoms with Gasteiger partial charge >= 0.3 is 0 Å². The molecule has 0 heterocycles. The molecule has 102 valence electrons. The van der Waals surface area contributed by atoms with Gasteiger partial charge < -0.3 is 10.5 Å². The highest BCUT2D eigenvalue weighted by Crippen LogP contribution is 2.08. The van der Waals surface area contributed by atoms with E-state index >= 15 is 0 Å². The maximum atomic E-state index is 5.58. The lowest BCUT2D eigenvalue weighted by Gasteiger charge is -2.21. The number of nitrogens with zero attached hydrogens (tertiary/aromatic N) is 1. The second kappa shape index (κ2) is 9.09. The monoisotopic (exact) mass is 250 g/mol. The highest BCUT2D eigenvalue weighted by molar-refractivity contribution is 5.22. The normalized spacial score (nSPS) is 11.1. The lowest BCUT2D eigenvalue weighted by molar-refractivity contribution is 0.143. The first-order chi connectivity index (χ1) is 8.80. The summed E-state index contributed by atoms with van der Waals surface area (Å²) < 4.78 is 5.15. The molecule has 0 amide bonds. The van der Waals surface area contributed by atoms with Crippen LogP contribution in [0.25, 0.3) is 0 Å². The molecule has 1 aromatic carbocycles. The highest BCUT2D eigenvalue weighted by Gasteiger charge is 2.05.